The first-order chi connectivity index (χ1) is 8.72. The molecule has 5 nitrogen and oxygen atoms in total. The Balaban J connectivity index is 2.15. The summed E-state index contributed by atoms with van der Waals surface area (Å²) >= 11 is 0. The Labute approximate surface area is 113 Å². The van der Waals surface area contributed by atoms with Crippen molar-refractivity contribution in [1.82, 2.24) is 4.98 Å². The minimum Gasteiger partial charge on any atom is -0.480 e. The Hall–Kier alpha value is -1.62. The van der Waals surface area contributed by atoms with Crippen LogP contribution in [0.3, 0.4) is 0 Å². The summed E-state index contributed by atoms with van der Waals surface area (Å²) in [5, 5.41) is 9.12. The Morgan fingerprint density at radius 3 is 2.58 bits per heavy atom. The van der Waals surface area contributed by atoms with Crippen LogP contribution in [0.15, 0.2) is 18.3 Å². The average Bonchev–Trinajstić information content (AvgIpc) is 2.72. The zero-order valence-corrected chi connectivity index (χ0v) is 11.7. The highest BCUT2D eigenvalue weighted by Gasteiger charge is 2.41. The van der Waals surface area contributed by atoms with Gasteiger partial charge in [0.15, 0.2) is 0 Å². The molecule has 1 aliphatic heterocycles. The number of carboxylic acids is 1. The Morgan fingerprint density at radius 1 is 1.47 bits per heavy atom. The second-order valence-corrected chi connectivity index (χ2v) is 6.29. The van der Waals surface area contributed by atoms with Crippen LogP contribution in [0.2, 0.25) is 0 Å². The Kier molecular flexibility index (Phi) is 3.26. The zero-order valence-electron chi connectivity index (χ0n) is 11.7. The molecule has 19 heavy (non-hydrogen) atoms. The first-order valence-corrected chi connectivity index (χ1v) is 6.46. The van der Waals surface area contributed by atoms with Gasteiger partial charge < -0.3 is 15.7 Å². The Morgan fingerprint density at radius 2 is 2.16 bits per heavy atom. The van der Waals surface area contributed by atoms with Crippen molar-refractivity contribution in [2.24, 2.45) is 5.73 Å². The molecule has 1 aliphatic rings. The lowest BCUT2D eigenvalue weighted by Crippen LogP contribution is -2.50. The first-order valence-electron chi connectivity index (χ1n) is 6.46. The van der Waals surface area contributed by atoms with Crippen LogP contribution in [-0.4, -0.2) is 34.7 Å². The monoisotopic (exact) mass is 263 g/mol. The van der Waals surface area contributed by atoms with Crippen LogP contribution in [0, 0.1) is 0 Å². The molecule has 1 aromatic rings. The van der Waals surface area contributed by atoms with E-state index in [0.29, 0.717) is 19.5 Å². The van der Waals surface area contributed by atoms with E-state index in [1.165, 1.54) is 0 Å². The topological polar surface area (TPSA) is 79.5 Å². The van der Waals surface area contributed by atoms with E-state index in [4.69, 9.17) is 10.8 Å². The molecule has 1 aromatic heterocycles. The third kappa shape index (κ3) is 2.71. The molecule has 1 fully saturated rings. The van der Waals surface area contributed by atoms with Gasteiger partial charge in [-0.25, -0.2) is 4.98 Å². The summed E-state index contributed by atoms with van der Waals surface area (Å²) in [7, 11) is 0. The van der Waals surface area contributed by atoms with E-state index in [1.54, 1.807) is 0 Å². The number of nitrogens with two attached hydrogens (primary N) is 1. The van der Waals surface area contributed by atoms with Gasteiger partial charge in [0, 0.05) is 19.3 Å². The lowest BCUT2D eigenvalue weighted by molar-refractivity contribution is -0.142. The molecule has 0 spiro atoms. The predicted molar refractivity (Wildman–Crippen MR) is 74.3 cm³/mol. The molecule has 0 amide bonds. The SMILES string of the molecule is CC(C)(C)c1ccc(N2CCC(N)(C(=O)O)C2)nc1. The van der Waals surface area contributed by atoms with Gasteiger partial charge in [-0.1, -0.05) is 26.8 Å². The standard InChI is InChI=1S/C14H21N3O2/c1-13(2,3)10-4-5-11(16-8-10)17-7-6-14(15,9-17)12(18)19/h4-5,8H,6-7,9,15H2,1-3H3,(H,18,19). The average molecular weight is 263 g/mol. The van der Waals surface area contributed by atoms with Crippen molar-refractivity contribution < 1.29 is 9.90 Å². The van der Waals surface area contributed by atoms with E-state index >= 15 is 0 Å². The van der Waals surface area contributed by atoms with E-state index in [-0.39, 0.29) is 5.41 Å². The maximum Gasteiger partial charge on any atom is 0.325 e. The zero-order chi connectivity index (χ0) is 14.3. The van der Waals surface area contributed by atoms with Crippen LogP contribution < -0.4 is 10.6 Å². The molecule has 2 heterocycles. The van der Waals surface area contributed by atoms with Crippen LogP contribution in [-0.2, 0) is 10.2 Å². The normalized spacial score (nSPS) is 23.7. The number of anilines is 1. The fraction of sp³-hybridized carbons (Fsp3) is 0.571. The van der Waals surface area contributed by atoms with Crippen LogP contribution in [0.4, 0.5) is 5.82 Å². The van der Waals surface area contributed by atoms with Gasteiger partial charge in [0.1, 0.15) is 11.4 Å². The van der Waals surface area contributed by atoms with Gasteiger partial charge in [-0.05, 0) is 23.5 Å². The van der Waals surface area contributed by atoms with E-state index in [0.717, 1.165) is 11.4 Å². The molecule has 1 unspecified atom stereocenters. The van der Waals surface area contributed by atoms with Gasteiger partial charge in [0.25, 0.3) is 0 Å². The van der Waals surface area contributed by atoms with Gasteiger partial charge in [0.05, 0.1) is 0 Å². The summed E-state index contributed by atoms with van der Waals surface area (Å²) in [6.07, 6.45) is 2.30. The molecular weight excluding hydrogens is 242 g/mol. The van der Waals surface area contributed by atoms with Crippen molar-refractivity contribution in [2.45, 2.75) is 38.1 Å². The van der Waals surface area contributed by atoms with Crippen LogP contribution in [0.1, 0.15) is 32.8 Å². The number of carbonyl (C=O) groups is 1. The van der Waals surface area contributed by atoms with Gasteiger partial charge in [-0.15, -0.1) is 0 Å². The quantitative estimate of drug-likeness (QED) is 0.842. The third-order valence-corrected chi connectivity index (χ3v) is 3.66. The minimum atomic E-state index is -1.15. The Bertz CT molecular complexity index is 478. The van der Waals surface area contributed by atoms with Crippen LogP contribution in [0.25, 0.3) is 0 Å². The highest BCUT2D eigenvalue weighted by Crippen LogP contribution is 2.26. The van der Waals surface area contributed by atoms with Gasteiger partial charge in [0.2, 0.25) is 0 Å². The van der Waals surface area contributed by atoms with Crippen molar-refractivity contribution in [3.05, 3.63) is 23.9 Å². The maximum atomic E-state index is 11.1. The molecule has 0 aliphatic carbocycles. The first kappa shape index (κ1) is 13.8. The summed E-state index contributed by atoms with van der Waals surface area (Å²) in [5.41, 5.74) is 5.94. The number of hydrogen-bond donors (Lipinski definition) is 2. The number of hydrogen-bond acceptors (Lipinski definition) is 4. The molecule has 104 valence electrons. The largest absolute Gasteiger partial charge is 0.480 e. The highest BCUT2D eigenvalue weighted by molar-refractivity contribution is 5.80. The molecule has 1 atom stereocenters. The minimum absolute atomic E-state index is 0.0647. The molecule has 0 aromatic carbocycles. The fourth-order valence-electron chi connectivity index (χ4n) is 2.22. The summed E-state index contributed by atoms with van der Waals surface area (Å²) in [6.45, 7) is 7.34. The molecule has 5 heteroatoms. The molecule has 0 radical (unpaired) electrons. The van der Waals surface area contributed by atoms with E-state index < -0.39 is 11.5 Å². The van der Waals surface area contributed by atoms with E-state index in [1.807, 2.05) is 23.2 Å². The number of aliphatic carboxylic acids is 1. The summed E-state index contributed by atoms with van der Waals surface area (Å²) in [5.74, 6) is -0.150. The number of aromatic nitrogens is 1. The van der Waals surface area contributed by atoms with Gasteiger partial charge >= 0.3 is 5.97 Å². The molecule has 0 saturated carbocycles. The summed E-state index contributed by atoms with van der Waals surface area (Å²) < 4.78 is 0. The van der Waals surface area contributed by atoms with Crippen molar-refractivity contribution in [2.75, 3.05) is 18.0 Å². The molecule has 3 N–H and O–H groups in total. The molecule has 1 saturated heterocycles. The maximum absolute atomic E-state index is 11.1. The number of carboxylic acid groups (broad SMARTS) is 1. The number of pyridine rings is 1. The smallest absolute Gasteiger partial charge is 0.325 e. The van der Waals surface area contributed by atoms with Crippen molar-refractivity contribution in [3.63, 3.8) is 0 Å². The van der Waals surface area contributed by atoms with Crippen molar-refractivity contribution >= 4 is 11.8 Å². The molecular formula is C14H21N3O2. The number of rotatable bonds is 2. The van der Waals surface area contributed by atoms with E-state index in [9.17, 15) is 4.79 Å². The van der Waals surface area contributed by atoms with Gasteiger partial charge in [-0.3, -0.25) is 4.79 Å². The molecule has 2 rings (SSSR count). The summed E-state index contributed by atoms with van der Waals surface area (Å²) in [6, 6.07) is 3.98. The fourth-order valence-corrected chi connectivity index (χ4v) is 2.22. The lowest BCUT2D eigenvalue weighted by Gasteiger charge is -2.23. The highest BCUT2D eigenvalue weighted by atomic mass is 16.4. The second kappa shape index (κ2) is 4.49. The van der Waals surface area contributed by atoms with Crippen molar-refractivity contribution in [1.29, 1.82) is 0 Å². The number of nitrogens with zero attached hydrogens (tertiary/aromatic N) is 2. The predicted octanol–water partition coefficient (Wildman–Crippen LogP) is 1.37. The molecule has 0 bridgehead atoms. The lowest BCUT2D eigenvalue weighted by atomic mass is 9.88. The summed E-state index contributed by atoms with van der Waals surface area (Å²) in [4.78, 5) is 17.5. The van der Waals surface area contributed by atoms with Crippen molar-refractivity contribution in [3.8, 4) is 0 Å². The second-order valence-electron chi connectivity index (χ2n) is 6.29. The third-order valence-electron chi connectivity index (χ3n) is 3.66. The van der Waals surface area contributed by atoms with Crippen LogP contribution in [0.5, 0.6) is 0 Å². The van der Waals surface area contributed by atoms with E-state index in [2.05, 4.69) is 25.8 Å². The van der Waals surface area contributed by atoms with Gasteiger partial charge in [-0.2, -0.15) is 0 Å². The van der Waals surface area contributed by atoms with Crippen LogP contribution >= 0.6 is 0 Å².